The Balaban J connectivity index is 1.55. The lowest BCUT2D eigenvalue weighted by Gasteiger charge is -2.30. The van der Waals surface area contributed by atoms with Crippen LogP contribution in [-0.2, 0) is 11.2 Å². The maximum atomic E-state index is 12.2. The van der Waals surface area contributed by atoms with Crippen LogP contribution in [0.3, 0.4) is 0 Å². The van der Waals surface area contributed by atoms with E-state index in [4.69, 9.17) is 21.8 Å². The van der Waals surface area contributed by atoms with Gasteiger partial charge < -0.3 is 15.1 Å². The Morgan fingerprint density at radius 2 is 2.00 bits per heavy atom. The molecule has 1 aromatic heterocycles. The summed E-state index contributed by atoms with van der Waals surface area (Å²) in [5.74, 6) is 1.41. The summed E-state index contributed by atoms with van der Waals surface area (Å²) < 4.78 is 5.72. The van der Waals surface area contributed by atoms with E-state index >= 15 is 0 Å². The molecule has 0 bridgehead atoms. The molecular formula is C17H20ClN3O2. The SMILES string of the molecule is NC1CCN(C(=O)CCc2ncc(-c3ccc(Cl)cc3)o2)CC1. The van der Waals surface area contributed by atoms with Crippen LogP contribution in [0.15, 0.2) is 34.9 Å². The highest BCUT2D eigenvalue weighted by molar-refractivity contribution is 6.30. The number of amides is 1. The van der Waals surface area contributed by atoms with Crippen molar-refractivity contribution in [1.82, 2.24) is 9.88 Å². The zero-order chi connectivity index (χ0) is 16.2. The van der Waals surface area contributed by atoms with E-state index in [0.717, 1.165) is 31.5 Å². The van der Waals surface area contributed by atoms with Gasteiger partial charge in [-0.05, 0) is 37.1 Å². The number of likely N-dealkylation sites (tertiary alicyclic amines) is 1. The number of aromatic nitrogens is 1. The third-order valence-electron chi connectivity index (χ3n) is 4.13. The number of nitrogens with zero attached hydrogens (tertiary/aromatic N) is 2. The molecule has 1 aliphatic rings. The molecule has 23 heavy (non-hydrogen) atoms. The maximum absolute atomic E-state index is 12.2. The quantitative estimate of drug-likeness (QED) is 0.933. The smallest absolute Gasteiger partial charge is 0.223 e. The average Bonchev–Trinajstić information content (AvgIpc) is 3.03. The van der Waals surface area contributed by atoms with Crippen LogP contribution in [0.5, 0.6) is 0 Å². The second-order valence-electron chi connectivity index (χ2n) is 5.84. The lowest BCUT2D eigenvalue weighted by molar-refractivity contribution is -0.132. The fraction of sp³-hybridized carbons (Fsp3) is 0.412. The number of hydrogen-bond donors (Lipinski definition) is 1. The van der Waals surface area contributed by atoms with E-state index in [0.29, 0.717) is 29.5 Å². The molecule has 2 aromatic rings. The summed E-state index contributed by atoms with van der Waals surface area (Å²) >= 11 is 5.88. The Morgan fingerprint density at radius 1 is 1.30 bits per heavy atom. The molecule has 1 aromatic carbocycles. The van der Waals surface area contributed by atoms with Crippen molar-refractivity contribution < 1.29 is 9.21 Å². The molecule has 1 aliphatic heterocycles. The number of aryl methyl sites for hydroxylation is 1. The van der Waals surface area contributed by atoms with Crippen LogP contribution in [0.4, 0.5) is 0 Å². The van der Waals surface area contributed by atoms with Gasteiger partial charge in [0.2, 0.25) is 5.91 Å². The Morgan fingerprint density at radius 3 is 2.70 bits per heavy atom. The van der Waals surface area contributed by atoms with Gasteiger partial charge in [-0.1, -0.05) is 11.6 Å². The number of rotatable bonds is 4. The van der Waals surface area contributed by atoms with Gasteiger partial charge in [-0.2, -0.15) is 0 Å². The zero-order valence-corrected chi connectivity index (χ0v) is 13.6. The minimum Gasteiger partial charge on any atom is -0.441 e. The topological polar surface area (TPSA) is 72.4 Å². The van der Waals surface area contributed by atoms with Crippen LogP contribution in [0.2, 0.25) is 5.02 Å². The number of halogens is 1. The van der Waals surface area contributed by atoms with Gasteiger partial charge in [0.05, 0.1) is 6.20 Å². The number of carbonyl (C=O) groups is 1. The fourth-order valence-corrected chi connectivity index (χ4v) is 2.82. The molecular weight excluding hydrogens is 314 g/mol. The number of nitrogens with two attached hydrogens (primary N) is 1. The van der Waals surface area contributed by atoms with Crippen LogP contribution in [0.1, 0.15) is 25.2 Å². The normalized spacial score (nSPS) is 15.8. The minimum absolute atomic E-state index is 0.142. The van der Waals surface area contributed by atoms with Crippen molar-refractivity contribution in [3.63, 3.8) is 0 Å². The molecule has 0 aliphatic carbocycles. The summed E-state index contributed by atoms with van der Waals surface area (Å²) in [7, 11) is 0. The number of hydrogen-bond acceptors (Lipinski definition) is 4. The Labute approximate surface area is 140 Å². The first-order chi connectivity index (χ1) is 11.1. The van der Waals surface area contributed by atoms with Gasteiger partial charge in [0.25, 0.3) is 0 Å². The number of oxazole rings is 1. The van der Waals surface area contributed by atoms with Crippen molar-refractivity contribution in [3.05, 3.63) is 41.4 Å². The van der Waals surface area contributed by atoms with Crippen molar-refractivity contribution in [2.75, 3.05) is 13.1 Å². The minimum atomic E-state index is 0.142. The predicted octanol–water partition coefficient (Wildman–Crippen LogP) is 2.88. The summed E-state index contributed by atoms with van der Waals surface area (Å²) in [6.45, 7) is 1.50. The first-order valence-electron chi connectivity index (χ1n) is 7.86. The maximum Gasteiger partial charge on any atom is 0.223 e. The molecule has 6 heteroatoms. The number of benzene rings is 1. The molecule has 1 amide bonds. The molecule has 1 saturated heterocycles. The van der Waals surface area contributed by atoms with Crippen LogP contribution < -0.4 is 5.73 Å². The van der Waals surface area contributed by atoms with Gasteiger partial charge >= 0.3 is 0 Å². The van der Waals surface area contributed by atoms with E-state index in [2.05, 4.69) is 4.98 Å². The molecule has 0 saturated carbocycles. The fourth-order valence-electron chi connectivity index (χ4n) is 2.69. The lowest BCUT2D eigenvalue weighted by Crippen LogP contribution is -2.42. The lowest BCUT2D eigenvalue weighted by atomic mass is 10.1. The second kappa shape index (κ2) is 7.15. The monoisotopic (exact) mass is 333 g/mol. The Kier molecular flexibility index (Phi) is 4.98. The summed E-state index contributed by atoms with van der Waals surface area (Å²) in [4.78, 5) is 18.3. The van der Waals surface area contributed by atoms with Gasteiger partial charge in [0.1, 0.15) is 0 Å². The van der Waals surface area contributed by atoms with Crippen molar-refractivity contribution in [2.24, 2.45) is 5.73 Å². The van der Waals surface area contributed by atoms with E-state index in [-0.39, 0.29) is 11.9 Å². The molecule has 0 unspecified atom stereocenters. The molecule has 122 valence electrons. The first kappa shape index (κ1) is 16.0. The predicted molar refractivity (Wildman–Crippen MR) is 89.1 cm³/mol. The van der Waals surface area contributed by atoms with Crippen LogP contribution in [0, 0.1) is 0 Å². The van der Waals surface area contributed by atoms with Crippen molar-refractivity contribution in [3.8, 4) is 11.3 Å². The van der Waals surface area contributed by atoms with Gasteiger partial charge in [-0.15, -0.1) is 0 Å². The standard InChI is InChI=1S/C17H20ClN3O2/c18-13-3-1-12(2-4-13)15-11-20-16(23-15)5-6-17(22)21-9-7-14(19)8-10-21/h1-4,11,14H,5-10,19H2. The highest BCUT2D eigenvalue weighted by Gasteiger charge is 2.20. The van der Waals surface area contributed by atoms with E-state index < -0.39 is 0 Å². The summed E-state index contributed by atoms with van der Waals surface area (Å²) in [6, 6.07) is 7.62. The largest absolute Gasteiger partial charge is 0.441 e. The zero-order valence-electron chi connectivity index (χ0n) is 12.9. The molecule has 1 fully saturated rings. The molecule has 3 rings (SSSR count). The van der Waals surface area contributed by atoms with Crippen molar-refractivity contribution in [1.29, 1.82) is 0 Å². The number of carbonyl (C=O) groups excluding carboxylic acids is 1. The van der Waals surface area contributed by atoms with Gasteiger partial charge in [-0.25, -0.2) is 4.98 Å². The van der Waals surface area contributed by atoms with Crippen LogP contribution >= 0.6 is 11.6 Å². The van der Waals surface area contributed by atoms with Gasteiger partial charge in [-0.3, -0.25) is 4.79 Å². The highest BCUT2D eigenvalue weighted by atomic mass is 35.5. The number of piperidine rings is 1. The average molecular weight is 334 g/mol. The second-order valence-corrected chi connectivity index (χ2v) is 6.28. The van der Waals surface area contributed by atoms with Crippen molar-refractivity contribution in [2.45, 2.75) is 31.7 Å². The van der Waals surface area contributed by atoms with E-state index in [1.54, 1.807) is 6.20 Å². The van der Waals surface area contributed by atoms with Crippen molar-refractivity contribution >= 4 is 17.5 Å². The van der Waals surface area contributed by atoms with Crippen LogP contribution in [-0.4, -0.2) is 34.9 Å². The summed E-state index contributed by atoms with van der Waals surface area (Å²) in [5.41, 5.74) is 6.78. The highest BCUT2D eigenvalue weighted by Crippen LogP contribution is 2.23. The Hall–Kier alpha value is -1.85. The third kappa shape index (κ3) is 4.12. The van der Waals surface area contributed by atoms with E-state index in [1.807, 2.05) is 29.2 Å². The van der Waals surface area contributed by atoms with E-state index in [9.17, 15) is 4.79 Å². The molecule has 2 N–H and O–H groups in total. The third-order valence-corrected chi connectivity index (χ3v) is 4.38. The first-order valence-corrected chi connectivity index (χ1v) is 8.23. The van der Waals surface area contributed by atoms with Crippen LogP contribution in [0.25, 0.3) is 11.3 Å². The molecule has 0 spiro atoms. The van der Waals surface area contributed by atoms with E-state index in [1.165, 1.54) is 0 Å². The summed E-state index contributed by atoms with van der Waals surface area (Å²) in [6.07, 6.45) is 4.37. The van der Waals surface area contributed by atoms with Gasteiger partial charge in [0, 0.05) is 42.6 Å². The molecule has 5 nitrogen and oxygen atoms in total. The van der Waals surface area contributed by atoms with Gasteiger partial charge in [0.15, 0.2) is 11.7 Å². The molecule has 0 atom stereocenters. The summed E-state index contributed by atoms with van der Waals surface area (Å²) in [5, 5.41) is 0.681. The Bertz CT molecular complexity index is 661. The molecule has 2 heterocycles. The molecule has 0 radical (unpaired) electrons.